The van der Waals surface area contributed by atoms with Crippen LogP contribution in [-0.4, -0.2) is 74.8 Å². The third-order valence-electron chi connectivity index (χ3n) is 5.16. The predicted molar refractivity (Wildman–Crippen MR) is 99.3 cm³/mol. The number of hydrogen-bond acceptors (Lipinski definition) is 5. The molecule has 5 nitrogen and oxygen atoms in total. The molecule has 8 heteroatoms. The minimum Gasteiger partial charge on any atom is -0.494 e. The average molecular weight is 402 g/mol. The number of rotatable bonds is 8. The van der Waals surface area contributed by atoms with Gasteiger partial charge in [-0.2, -0.15) is 0 Å². The molecule has 0 aromatic heterocycles. The van der Waals surface area contributed by atoms with E-state index in [4.69, 9.17) is 9.47 Å². The lowest BCUT2D eigenvalue weighted by atomic mass is 10.1. The predicted octanol–water partition coefficient (Wildman–Crippen LogP) is 3.29. The molecule has 2 saturated heterocycles. The summed E-state index contributed by atoms with van der Waals surface area (Å²) in [5.74, 6) is 0.850. The van der Waals surface area contributed by atoms with Crippen LogP contribution in [0.15, 0.2) is 24.3 Å². The number of halogens is 3. The number of morpholine rings is 1. The Bertz CT molecular complexity index is 569. The molecule has 2 fully saturated rings. The summed E-state index contributed by atoms with van der Waals surface area (Å²) in [4.78, 5) is 4.55. The standard InChI is InChI=1S/C20H29F3N2O3/c21-20(22,23)28-19-6-9-25(10-7-19)16-17-2-4-18(5-3-17)27-13-1-8-24-11-14-26-15-12-24/h2-5,19H,1,6-16H2. The van der Waals surface area contributed by atoms with Crippen molar-refractivity contribution in [3.8, 4) is 5.75 Å². The maximum atomic E-state index is 12.3. The molecule has 3 rings (SSSR count). The fraction of sp³-hybridized carbons (Fsp3) is 0.700. The molecule has 0 radical (unpaired) electrons. The zero-order chi connectivity index (χ0) is 19.8. The van der Waals surface area contributed by atoms with Gasteiger partial charge in [0.2, 0.25) is 0 Å². The molecule has 1 aromatic carbocycles. The Morgan fingerprint density at radius 1 is 0.964 bits per heavy atom. The molecule has 2 heterocycles. The van der Waals surface area contributed by atoms with Crippen LogP contribution in [0.4, 0.5) is 13.2 Å². The van der Waals surface area contributed by atoms with Gasteiger partial charge in [0.05, 0.1) is 25.9 Å². The van der Waals surface area contributed by atoms with Crippen molar-refractivity contribution >= 4 is 0 Å². The molecule has 0 aliphatic carbocycles. The van der Waals surface area contributed by atoms with Crippen molar-refractivity contribution in [1.82, 2.24) is 9.80 Å². The summed E-state index contributed by atoms with van der Waals surface area (Å²) in [6, 6.07) is 7.97. The number of benzene rings is 1. The van der Waals surface area contributed by atoms with Gasteiger partial charge in [-0.1, -0.05) is 12.1 Å². The molecule has 0 spiro atoms. The summed E-state index contributed by atoms with van der Waals surface area (Å²) in [5.41, 5.74) is 1.14. The minimum absolute atomic E-state index is 0.407. The van der Waals surface area contributed by atoms with Crippen LogP contribution in [0.25, 0.3) is 0 Å². The van der Waals surface area contributed by atoms with Crippen LogP contribution >= 0.6 is 0 Å². The first-order valence-corrected chi connectivity index (χ1v) is 9.97. The van der Waals surface area contributed by atoms with Crippen LogP contribution in [0, 0.1) is 0 Å². The van der Waals surface area contributed by atoms with Crippen molar-refractivity contribution in [2.75, 3.05) is 52.5 Å². The van der Waals surface area contributed by atoms with Crippen LogP contribution in [-0.2, 0) is 16.0 Å². The highest BCUT2D eigenvalue weighted by atomic mass is 19.4. The van der Waals surface area contributed by atoms with Gasteiger partial charge in [-0.3, -0.25) is 14.5 Å². The van der Waals surface area contributed by atoms with E-state index in [2.05, 4.69) is 14.5 Å². The fourth-order valence-corrected chi connectivity index (χ4v) is 3.63. The van der Waals surface area contributed by atoms with E-state index in [1.54, 1.807) is 0 Å². The average Bonchev–Trinajstić information content (AvgIpc) is 2.68. The van der Waals surface area contributed by atoms with Crippen LogP contribution in [0.2, 0.25) is 0 Å². The lowest BCUT2D eigenvalue weighted by Gasteiger charge is -2.32. The number of likely N-dealkylation sites (tertiary alicyclic amines) is 1. The molecule has 158 valence electrons. The van der Waals surface area contributed by atoms with Gasteiger partial charge in [-0.25, -0.2) is 0 Å². The molecule has 2 aliphatic rings. The first-order valence-electron chi connectivity index (χ1n) is 9.97. The molecule has 0 atom stereocenters. The molecule has 0 saturated carbocycles. The summed E-state index contributed by atoms with van der Waals surface area (Å²) in [7, 11) is 0. The van der Waals surface area contributed by atoms with Crippen molar-refractivity contribution in [2.45, 2.75) is 38.3 Å². The number of alkyl halides is 3. The second kappa shape index (κ2) is 10.4. The molecule has 2 aliphatic heterocycles. The second-order valence-corrected chi connectivity index (χ2v) is 7.34. The van der Waals surface area contributed by atoms with Gasteiger partial charge in [0.15, 0.2) is 0 Å². The van der Waals surface area contributed by atoms with E-state index in [1.807, 2.05) is 24.3 Å². The minimum atomic E-state index is -4.54. The lowest BCUT2D eigenvalue weighted by Crippen LogP contribution is -2.38. The quantitative estimate of drug-likeness (QED) is 0.624. The van der Waals surface area contributed by atoms with E-state index in [0.29, 0.717) is 32.5 Å². The summed E-state index contributed by atoms with van der Waals surface area (Å²) in [6.07, 6.45) is -3.46. The van der Waals surface area contributed by atoms with E-state index < -0.39 is 12.5 Å². The largest absolute Gasteiger partial charge is 0.522 e. The van der Waals surface area contributed by atoms with Crippen molar-refractivity contribution in [3.05, 3.63) is 29.8 Å². The Labute approximate surface area is 164 Å². The first-order chi connectivity index (χ1) is 13.5. The molecular weight excluding hydrogens is 373 g/mol. The first kappa shape index (κ1) is 21.4. The Kier molecular flexibility index (Phi) is 7.96. The Morgan fingerprint density at radius 2 is 1.64 bits per heavy atom. The van der Waals surface area contributed by atoms with Gasteiger partial charge in [0, 0.05) is 39.3 Å². The number of ether oxygens (including phenoxy) is 3. The zero-order valence-corrected chi connectivity index (χ0v) is 16.1. The molecule has 0 bridgehead atoms. The maximum absolute atomic E-state index is 12.3. The molecule has 28 heavy (non-hydrogen) atoms. The number of piperidine rings is 1. The van der Waals surface area contributed by atoms with Crippen LogP contribution in [0.3, 0.4) is 0 Å². The van der Waals surface area contributed by atoms with Gasteiger partial charge in [-0.15, -0.1) is 13.2 Å². The second-order valence-electron chi connectivity index (χ2n) is 7.34. The Morgan fingerprint density at radius 3 is 2.29 bits per heavy atom. The third kappa shape index (κ3) is 7.58. The SMILES string of the molecule is FC(F)(F)OC1CCN(Cc2ccc(OCCCN3CCOCC3)cc2)CC1. The van der Waals surface area contributed by atoms with Gasteiger partial charge in [0.25, 0.3) is 0 Å². The van der Waals surface area contributed by atoms with Crippen molar-refractivity contribution < 1.29 is 27.4 Å². The van der Waals surface area contributed by atoms with Gasteiger partial charge >= 0.3 is 6.36 Å². The summed E-state index contributed by atoms with van der Waals surface area (Å²) in [6.45, 7) is 7.28. The smallest absolute Gasteiger partial charge is 0.494 e. The van der Waals surface area contributed by atoms with E-state index >= 15 is 0 Å². The third-order valence-corrected chi connectivity index (χ3v) is 5.16. The van der Waals surface area contributed by atoms with E-state index in [0.717, 1.165) is 57.1 Å². The monoisotopic (exact) mass is 402 g/mol. The van der Waals surface area contributed by atoms with E-state index in [-0.39, 0.29) is 0 Å². The van der Waals surface area contributed by atoms with Gasteiger partial charge < -0.3 is 9.47 Å². The number of nitrogens with zero attached hydrogens (tertiary/aromatic N) is 2. The highest BCUT2D eigenvalue weighted by molar-refractivity contribution is 5.27. The van der Waals surface area contributed by atoms with Gasteiger partial charge in [0.1, 0.15) is 5.75 Å². The highest BCUT2D eigenvalue weighted by Gasteiger charge is 2.34. The molecule has 0 unspecified atom stereocenters. The van der Waals surface area contributed by atoms with Crippen LogP contribution < -0.4 is 4.74 Å². The molecular formula is C20H29F3N2O3. The fourth-order valence-electron chi connectivity index (χ4n) is 3.63. The number of hydrogen-bond donors (Lipinski definition) is 0. The highest BCUT2D eigenvalue weighted by Crippen LogP contribution is 2.25. The van der Waals surface area contributed by atoms with Crippen molar-refractivity contribution in [1.29, 1.82) is 0 Å². The van der Waals surface area contributed by atoms with E-state index in [9.17, 15) is 13.2 Å². The Hall–Kier alpha value is -1.35. The molecule has 1 aromatic rings. The van der Waals surface area contributed by atoms with Crippen molar-refractivity contribution in [2.24, 2.45) is 0 Å². The normalized spacial score (nSPS) is 20.4. The van der Waals surface area contributed by atoms with Crippen molar-refractivity contribution in [3.63, 3.8) is 0 Å². The zero-order valence-electron chi connectivity index (χ0n) is 16.1. The molecule has 0 amide bonds. The summed E-state index contributed by atoms with van der Waals surface area (Å²) >= 11 is 0. The lowest BCUT2D eigenvalue weighted by molar-refractivity contribution is -0.345. The summed E-state index contributed by atoms with van der Waals surface area (Å²) in [5, 5.41) is 0. The Balaban J connectivity index is 1.32. The van der Waals surface area contributed by atoms with Crippen LogP contribution in [0.1, 0.15) is 24.8 Å². The summed E-state index contributed by atoms with van der Waals surface area (Å²) < 4.78 is 52.1. The maximum Gasteiger partial charge on any atom is 0.522 e. The van der Waals surface area contributed by atoms with E-state index in [1.165, 1.54) is 0 Å². The van der Waals surface area contributed by atoms with Gasteiger partial charge in [-0.05, 0) is 37.0 Å². The van der Waals surface area contributed by atoms with Crippen LogP contribution in [0.5, 0.6) is 5.75 Å². The molecule has 0 N–H and O–H groups in total. The topological polar surface area (TPSA) is 34.2 Å².